The van der Waals surface area contributed by atoms with Crippen molar-refractivity contribution in [2.75, 3.05) is 20.4 Å². The Morgan fingerprint density at radius 3 is 2.67 bits per heavy atom. The van der Waals surface area contributed by atoms with Crippen LogP contribution in [0.1, 0.15) is 22.9 Å². The van der Waals surface area contributed by atoms with E-state index in [0.717, 1.165) is 29.0 Å². The molecule has 1 atom stereocenters. The number of carbonyl (C=O) groups is 1. The number of ether oxygens (including phenoxy) is 2. The average Bonchev–Trinajstić information content (AvgIpc) is 3.26. The molecule has 0 saturated carbocycles. The second-order valence-electron chi connectivity index (χ2n) is 7.27. The number of hydrogen-bond donors (Lipinski definition) is 1. The zero-order valence-corrected chi connectivity index (χ0v) is 17.0. The fraction of sp³-hybridized carbons (Fsp3) is 0.250. The largest absolute Gasteiger partial charge is 0.454 e. The van der Waals surface area contributed by atoms with Crippen molar-refractivity contribution in [3.05, 3.63) is 89.7 Å². The molecule has 1 amide bonds. The number of aromatic nitrogens is 1. The molecule has 2 aromatic carbocycles. The minimum absolute atomic E-state index is 0.0395. The summed E-state index contributed by atoms with van der Waals surface area (Å²) in [5.41, 5.74) is 2.94. The van der Waals surface area contributed by atoms with E-state index in [1.165, 1.54) is 0 Å². The molecule has 1 aromatic heterocycles. The first kappa shape index (κ1) is 19.9. The van der Waals surface area contributed by atoms with Crippen molar-refractivity contribution < 1.29 is 14.3 Å². The Bertz CT molecular complexity index is 980. The smallest absolute Gasteiger partial charge is 0.242 e. The second kappa shape index (κ2) is 9.41. The summed E-state index contributed by atoms with van der Waals surface area (Å²) in [4.78, 5) is 19.6. The van der Waals surface area contributed by atoms with Gasteiger partial charge in [-0.05, 0) is 42.4 Å². The Morgan fingerprint density at radius 1 is 1.07 bits per heavy atom. The third-order valence-corrected chi connectivity index (χ3v) is 5.15. The molecule has 6 nitrogen and oxygen atoms in total. The molecule has 1 aliphatic heterocycles. The van der Waals surface area contributed by atoms with Gasteiger partial charge < -0.3 is 14.8 Å². The summed E-state index contributed by atoms with van der Waals surface area (Å²) in [7, 11) is 1.97. The number of nitrogens with zero attached hydrogens (tertiary/aromatic N) is 2. The van der Waals surface area contributed by atoms with Crippen molar-refractivity contribution in [1.29, 1.82) is 0 Å². The van der Waals surface area contributed by atoms with Gasteiger partial charge in [-0.1, -0.05) is 42.5 Å². The van der Waals surface area contributed by atoms with Crippen LogP contribution in [0.5, 0.6) is 11.5 Å². The molecule has 30 heavy (non-hydrogen) atoms. The predicted molar refractivity (Wildman–Crippen MR) is 114 cm³/mol. The summed E-state index contributed by atoms with van der Waals surface area (Å²) in [5, 5.41) is 3.08. The lowest BCUT2D eigenvalue weighted by molar-refractivity contribution is -0.126. The number of fused-ring (bicyclic) bond motifs is 1. The van der Waals surface area contributed by atoms with Crippen LogP contribution in [0.2, 0.25) is 0 Å². The van der Waals surface area contributed by atoms with Crippen molar-refractivity contribution in [1.82, 2.24) is 15.2 Å². The number of pyridine rings is 1. The van der Waals surface area contributed by atoms with Gasteiger partial charge in [0.1, 0.15) is 6.04 Å². The third kappa shape index (κ3) is 4.78. The lowest BCUT2D eigenvalue weighted by Crippen LogP contribution is -2.39. The van der Waals surface area contributed by atoms with Crippen LogP contribution < -0.4 is 14.8 Å². The predicted octanol–water partition coefficient (Wildman–Crippen LogP) is 3.34. The van der Waals surface area contributed by atoms with Crippen LogP contribution in [0.15, 0.2) is 72.9 Å². The molecule has 0 radical (unpaired) electrons. The normalized spacial score (nSPS) is 13.3. The number of nitrogens with one attached hydrogen (secondary N) is 1. The highest BCUT2D eigenvalue weighted by atomic mass is 16.7. The van der Waals surface area contributed by atoms with Gasteiger partial charge in [-0.2, -0.15) is 0 Å². The topological polar surface area (TPSA) is 63.7 Å². The monoisotopic (exact) mass is 403 g/mol. The summed E-state index contributed by atoms with van der Waals surface area (Å²) in [6.07, 6.45) is 2.57. The number of carbonyl (C=O) groups excluding carboxylic acids is 1. The minimum atomic E-state index is -0.385. The molecule has 154 valence electrons. The molecule has 2 heterocycles. The van der Waals surface area contributed by atoms with Crippen molar-refractivity contribution in [3.8, 4) is 11.5 Å². The maximum Gasteiger partial charge on any atom is 0.242 e. The van der Waals surface area contributed by atoms with Gasteiger partial charge in [0.15, 0.2) is 11.5 Å². The van der Waals surface area contributed by atoms with Crippen molar-refractivity contribution in [3.63, 3.8) is 0 Å². The van der Waals surface area contributed by atoms with E-state index in [-0.39, 0.29) is 18.7 Å². The summed E-state index contributed by atoms with van der Waals surface area (Å²) >= 11 is 0. The molecule has 1 unspecified atom stereocenters. The molecule has 1 aliphatic rings. The van der Waals surface area contributed by atoms with Crippen LogP contribution >= 0.6 is 0 Å². The van der Waals surface area contributed by atoms with Gasteiger partial charge in [0.2, 0.25) is 12.7 Å². The van der Waals surface area contributed by atoms with E-state index in [9.17, 15) is 4.79 Å². The Labute approximate surface area is 176 Å². The molecule has 0 fully saturated rings. The summed E-state index contributed by atoms with van der Waals surface area (Å²) < 4.78 is 10.8. The van der Waals surface area contributed by atoms with Crippen LogP contribution in [0, 0.1) is 0 Å². The fourth-order valence-electron chi connectivity index (χ4n) is 3.54. The first-order valence-electron chi connectivity index (χ1n) is 10.0. The van der Waals surface area contributed by atoms with E-state index in [1.54, 1.807) is 6.20 Å². The zero-order chi connectivity index (χ0) is 20.8. The van der Waals surface area contributed by atoms with Gasteiger partial charge >= 0.3 is 0 Å². The molecule has 0 spiro atoms. The van der Waals surface area contributed by atoms with Crippen LogP contribution in [0.3, 0.4) is 0 Å². The van der Waals surface area contributed by atoms with Crippen molar-refractivity contribution >= 4 is 5.91 Å². The van der Waals surface area contributed by atoms with Crippen molar-refractivity contribution in [2.24, 2.45) is 0 Å². The van der Waals surface area contributed by atoms with Crippen molar-refractivity contribution in [2.45, 2.75) is 19.0 Å². The van der Waals surface area contributed by atoms with Gasteiger partial charge in [-0.15, -0.1) is 0 Å². The standard InChI is InChI=1S/C24H25N3O3/c1-27(14-12-20-9-5-6-13-25-20)23(19-7-3-2-4-8-19)24(28)26-16-18-10-11-21-22(15-18)30-17-29-21/h2-11,13,15,23H,12,14,16-17H2,1H3,(H,26,28). The second-order valence-corrected chi connectivity index (χ2v) is 7.27. The molecule has 0 aliphatic carbocycles. The van der Waals surface area contributed by atoms with E-state index in [1.807, 2.05) is 73.8 Å². The Kier molecular flexibility index (Phi) is 6.25. The molecule has 0 saturated heterocycles. The number of rotatable bonds is 8. The first-order chi connectivity index (χ1) is 14.7. The van der Waals surface area contributed by atoms with Crippen LogP contribution in [-0.4, -0.2) is 36.2 Å². The first-order valence-corrected chi connectivity index (χ1v) is 10.0. The Hall–Kier alpha value is -3.38. The molecule has 0 bridgehead atoms. The summed E-state index contributed by atoms with van der Waals surface area (Å²) in [5.74, 6) is 1.41. The lowest BCUT2D eigenvalue weighted by Gasteiger charge is -2.27. The van der Waals surface area contributed by atoms with Gasteiger partial charge in [0.25, 0.3) is 0 Å². The van der Waals surface area contributed by atoms with E-state index in [4.69, 9.17) is 9.47 Å². The van der Waals surface area contributed by atoms with Gasteiger partial charge in [-0.25, -0.2) is 0 Å². The highest BCUT2D eigenvalue weighted by Crippen LogP contribution is 2.32. The van der Waals surface area contributed by atoms with E-state index in [2.05, 4.69) is 15.2 Å². The number of hydrogen-bond acceptors (Lipinski definition) is 5. The summed E-state index contributed by atoms with van der Waals surface area (Å²) in [6.45, 7) is 1.38. The van der Waals surface area contributed by atoms with Gasteiger partial charge in [0.05, 0.1) is 0 Å². The van der Waals surface area contributed by atoms with Gasteiger partial charge in [0, 0.05) is 31.4 Å². The Balaban J connectivity index is 1.44. The van der Waals surface area contributed by atoms with E-state index in [0.29, 0.717) is 18.8 Å². The van der Waals surface area contributed by atoms with Crippen LogP contribution in [-0.2, 0) is 17.8 Å². The Morgan fingerprint density at radius 2 is 1.87 bits per heavy atom. The maximum absolute atomic E-state index is 13.2. The zero-order valence-electron chi connectivity index (χ0n) is 17.0. The fourth-order valence-corrected chi connectivity index (χ4v) is 3.54. The number of benzene rings is 2. The summed E-state index contributed by atoms with van der Waals surface area (Å²) in [6, 6.07) is 21.1. The molecule has 3 aromatic rings. The van der Waals surface area contributed by atoms with E-state index < -0.39 is 0 Å². The van der Waals surface area contributed by atoms with Crippen LogP contribution in [0.4, 0.5) is 0 Å². The highest BCUT2D eigenvalue weighted by molar-refractivity contribution is 5.83. The SMILES string of the molecule is CN(CCc1ccccn1)C(C(=O)NCc1ccc2c(c1)OCO2)c1ccccc1. The lowest BCUT2D eigenvalue weighted by atomic mass is 10.0. The van der Waals surface area contributed by atoms with Crippen LogP contribution in [0.25, 0.3) is 0 Å². The molecule has 4 rings (SSSR count). The molecular formula is C24H25N3O3. The maximum atomic E-state index is 13.2. The van der Waals surface area contributed by atoms with E-state index >= 15 is 0 Å². The molecular weight excluding hydrogens is 378 g/mol. The average molecular weight is 403 g/mol. The third-order valence-electron chi connectivity index (χ3n) is 5.15. The number of likely N-dealkylation sites (N-methyl/N-ethyl adjacent to an activating group) is 1. The molecule has 1 N–H and O–H groups in total. The highest BCUT2D eigenvalue weighted by Gasteiger charge is 2.25. The molecule has 6 heteroatoms. The quantitative estimate of drug-likeness (QED) is 0.625. The van der Waals surface area contributed by atoms with Gasteiger partial charge in [-0.3, -0.25) is 14.7 Å². The minimum Gasteiger partial charge on any atom is -0.454 e. The number of amides is 1.